The molecule has 0 spiro atoms. The van der Waals surface area contributed by atoms with E-state index in [4.69, 9.17) is 5.11 Å². The molecule has 1 unspecified atom stereocenters. The molecule has 1 rings (SSSR count). The van der Waals surface area contributed by atoms with Crippen LogP contribution in [0.25, 0.3) is 0 Å². The van der Waals surface area contributed by atoms with E-state index in [0.717, 1.165) is 0 Å². The molecule has 0 aromatic heterocycles. The molecule has 0 bridgehead atoms. The van der Waals surface area contributed by atoms with Gasteiger partial charge in [0.2, 0.25) is 5.82 Å². The number of rotatable bonds is 2. The van der Waals surface area contributed by atoms with Gasteiger partial charge in [-0.25, -0.2) is 22.0 Å². The van der Waals surface area contributed by atoms with Crippen LogP contribution in [-0.4, -0.2) is 11.0 Å². The Bertz CT molecular complexity index is 433. The molecule has 0 saturated carbocycles. The second-order valence-corrected chi connectivity index (χ2v) is 2.79. The minimum atomic E-state index is -2.61. The molecular formula is C8H4F5NO2. The van der Waals surface area contributed by atoms with Gasteiger partial charge in [-0.05, 0) is 0 Å². The van der Waals surface area contributed by atoms with Crippen LogP contribution in [0.5, 0.6) is 0 Å². The number of amides is 1. The number of hydrogen-bond acceptors (Lipinski definition) is 2. The van der Waals surface area contributed by atoms with Crippen LogP contribution in [0.3, 0.4) is 0 Å². The molecule has 0 radical (unpaired) electrons. The summed E-state index contributed by atoms with van der Waals surface area (Å²) in [4.78, 5) is 10.4. The molecule has 1 aromatic carbocycles. The van der Waals surface area contributed by atoms with Crippen LogP contribution >= 0.6 is 0 Å². The fraction of sp³-hybridized carbons (Fsp3) is 0.125. The Hall–Kier alpha value is -1.70. The number of hydrogen-bond donors (Lipinski definition) is 2. The number of aliphatic hydroxyl groups excluding tert-OH is 1. The summed E-state index contributed by atoms with van der Waals surface area (Å²) in [5, 5.41) is 8.89. The van der Waals surface area contributed by atoms with Crippen molar-refractivity contribution in [3.05, 3.63) is 34.6 Å². The highest BCUT2D eigenvalue weighted by atomic mass is 19.2. The Labute approximate surface area is 85.3 Å². The molecule has 0 aliphatic rings. The van der Waals surface area contributed by atoms with Crippen LogP contribution in [0.4, 0.5) is 22.0 Å². The maximum absolute atomic E-state index is 12.9. The summed E-state index contributed by atoms with van der Waals surface area (Å²) in [5.74, 6) is -13.1. The zero-order valence-corrected chi connectivity index (χ0v) is 7.40. The lowest BCUT2D eigenvalue weighted by Crippen LogP contribution is -2.24. The summed E-state index contributed by atoms with van der Waals surface area (Å²) in [7, 11) is 0. The summed E-state index contributed by atoms with van der Waals surface area (Å²) in [6.07, 6.45) is -2.61. The molecule has 16 heavy (non-hydrogen) atoms. The molecule has 8 heteroatoms. The minimum absolute atomic E-state index is 1.64. The van der Waals surface area contributed by atoms with E-state index in [1.54, 1.807) is 0 Å². The van der Waals surface area contributed by atoms with Crippen molar-refractivity contribution in [1.82, 2.24) is 0 Å². The third kappa shape index (κ3) is 1.71. The van der Waals surface area contributed by atoms with Gasteiger partial charge in [0.15, 0.2) is 29.4 Å². The zero-order chi connectivity index (χ0) is 12.6. The minimum Gasteiger partial charge on any atom is -0.378 e. The van der Waals surface area contributed by atoms with Gasteiger partial charge in [-0.15, -0.1) is 0 Å². The number of primary amides is 1. The average Bonchev–Trinajstić information content (AvgIpc) is 2.23. The number of benzene rings is 1. The molecule has 3 nitrogen and oxygen atoms in total. The maximum atomic E-state index is 12.9. The van der Waals surface area contributed by atoms with Crippen LogP contribution in [0.2, 0.25) is 0 Å². The topological polar surface area (TPSA) is 63.3 Å². The third-order valence-electron chi connectivity index (χ3n) is 1.79. The van der Waals surface area contributed by atoms with E-state index >= 15 is 0 Å². The van der Waals surface area contributed by atoms with Gasteiger partial charge in [0.05, 0.1) is 5.56 Å². The Balaban J connectivity index is 3.57. The molecule has 1 atom stereocenters. The predicted molar refractivity (Wildman–Crippen MR) is 40.4 cm³/mol. The van der Waals surface area contributed by atoms with Gasteiger partial charge in [0.25, 0.3) is 5.91 Å². The molecule has 1 amide bonds. The fourth-order valence-electron chi connectivity index (χ4n) is 1.00. The number of nitrogens with two attached hydrogens (primary N) is 1. The van der Waals surface area contributed by atoms with Crippen molar-refractivity contribution in [1.29, 1.82) is 0 Å². The fourth-order valence-corrected chi connectivity index (χ4v) is 1.00. The summed E-state index contributed by atoms with van der Waals surface area (Å²) in [6.45, 7) is 0. The normalized spacial score (nSPS) is 12.6. The lowest BCUT2D eigenvalue weighted by Gasteiger charge is -2.11. The van der Waals surface area contributed by atoms with Crippen molar-refractivity contribution in [2.75, 3.05) is 0 Å². The van der Waals surface area contributed by atoms with E-state index in [-0.39, 0.29) is 0 Å². The van der Waals surface area contributed by atoms with Crippen molar-refractivity contribution in [2.45, 2.75) is 6.10 Å². The van der Waals surface area contributed by atoms with Gasteiger partial charge < -0.3 is 10.8 Å². The van der Waals surface area contributed by atoms with Crippen molar-refractivity contribution in [2.24, 2.45) is 5.73 Å². The zero-order valence-electron chi connectivity index (χ0n) is 7.40. The van der Waals surface area contributed by atoms with Gasteiger partial charge >= 0.3 is 0 Å². The highest BCUT2D eigenvalue weighted by molar-refractivity contribution is 5.80. The van der Waals surface area contributed by atoms with Crippen molar-refractivity contribution in [3.8, 4) is 0 Å². The quantitative estimate of drug-likeness (QED) is 0.459. The van der Waals surface area contributed by atoms with E-state index in [2.05, 4.69) is 5.73 Å². The van der Waals surface area contributed by atoms with Crippen molar-refractivity contribution >= 4 is 5.91 Å². The molecule has 3 N–H and O–H groups in total. The second-order valence-electron chi connectivity index (χ2n) is 2.79. The molecule has 0 aliphatic carbocycles. The van der Waals surface area contributed by atoms with Crippen LogP contribution in [0.15, 0.2) is 0 Å². The first-order valence-corrected chi connectivity index (χ1v) is 3.77. The molecule has 0 heterocycles. The maximum Gasteiger partial charge on any atom is 0.251 e. The first-order valence-electron chi connectivity index (χ1n) is 3.77. The SMILES string of the molecule is NC(=O)C(O)c1c(F)c(F)c(F)c(F)c1F. The van der Waals surface area contributed by atoms with Crippen LogP contribution in [0, 0.1) is 29.1 Å². The van der Waals surface area contributed by atoms with Gasteiger partial charge in [0, 0.05) is 0 Å². The molecular weight excluding hydrogens is 237 g/mol. The predicted octanol–water partition coefficient (Wildman–Crippen LogP) is 0.901. The third-order valence-corrected chi connectivity index (χ3v) is 1.79. The Morgan fingerprint density at radius 2 is 1.25 bits per heavy atom. The molecule has 88 valence electrons. The summed E-state index contributed by atoms with van der Waals surface area (Å²) in [6, 6.07) is 0. The second kappa shape index (κ2) is 4.05. The van der Waals surface area contributed by atoms with Crippen molar-refractivity contribution < 1.29 is 31.9 Å². The highest BCUT2D eigenvalue weighted by Crippen LogP contribution is 2.27. The van der Waals surface area contributed by atoms with Gasteiger partial charge in [0.1, 0.15) is 0 Å². The Morgan fingerprint density at radius 1 is 0.938 bits per heavy atom. The van der Waals surface area contributed by atoms with Crippen LogP contribution < -0.4 is 5.73 Å². The summed E-state index contributed by atoms with van der Waals surface area (Å²) >= 11 is 0. The number of aliphatic hydroxyl groups is 1. The first-order chi connectivity index (χ1) is 7.29. The summed E-state index contributed by atoms with van der Waals surface area (Å²) < 4.78 is 63.6. The van der Waals surface area contributed by atoms with Crippen molar-refractivity contribution in [3.63, 3.8) is 0 Å². The molecule has 0 aliphatic heterocycles. The number of halogens is 5. The number of carbonyl (C=O) groups is 1. The number of carbonyl (C=O) groups excluding carboxylic acids is 1. The van der Waals surface area contributed by atoms with E-state index in [9.17, 15) is 26.7 Å². The van der Waals surface area contributed by atoms with Gasteiger partial charge in [-0.1, -0.05) is 0 Å². The summed E-state index contributed by atoms with van der Waals surface area (Å²) in [5.41, 5.74) is 2.82. The lowest BCUT2D eigenvalue weighted by atomic mass is 10.1. The standard InChI is InChI=1S/C8H4F5NO2/c9-2-1(7(15)8(14)16)3(10)5(12)6(13)4(2)11/h7,15H,(H2,14,16). The first kappa shape index (κ1) is 12.4. The van der Waals surface area contributed by atoms with E-state index in [1.807, 2.05) is 0 Å². The molecule has 0 saturated heterocycles. The smallest absolute Gasteiger partial charge is 0.251 e. The molecule has 0 fully saturated rings. The van der Waals surface area contributed by atoms with Crippen LogP contribution in [0.1, 0.15) is 11.7 Å². The Kier molecular flexibility index (Phi) is 3.13. The monoisotopic (exact) mass is 241 g/mol. The van der Waals surface area contributed by atoms with Gasteiger partial charge in [-0.2, -0.15) is 0 Å². The molecule has 1 aromatic rings. The van der Waals surface area contributed by atoms with Crippen LogP contribution in [-0.2, 0) is 4.79 Å². The van der Waals surface area contributed by atoms with E-state index in [0.29, 0.717) is 0 Å². The lowest BCUT2D eigenvalue weighted by molar-refractivity contribution is -0.126. The van der Waals surface area contributed by atoms with E-state index < -0.39 is 46.7 Å². The van der Waals surface area contributed by atoms with Gasteiger partial charge in [-0.3, -0.25) is 4.79 Å². The van der Waals surface area contributed by atoms with E-state index in [1.165, 1.54) is 0 Å². The highest BCUT2D eigenvalue weighted by Gasteiger charge is 2.31. The Morgan fingerprint density at radius 3 is 1.56 bits per heavy atom. The largest absolute Gasteiger partial charge is 0.378 e. The average molecular weight is 241 g/mol.